The van der Waals surface area contributed by atoms with E-state index in [4.69, 9.17) is 9.15 Å². The third-order valence-corrected chi connectivity index (χ3v) is 5.97. The maximum atomic E-state index is 13.0. The van der Waals surface area contributed by atoms with Gasteiger partial charge in [-0.3, -0.25) is 9.59 Å². The van der Waals surface area contributed by atoms with Crippen molar-refractivity contribution in [2.24, 2.45) is 0 Å². The van der Waals surface area contributed by atoms with Gasteiger partial charge in [0.15, 0.2) is 0 Å². The lowest BCUT2D eigenvalue weighted by Gasteiger charge is -2.33. The van der Waals surface area contributed by atoms with Crippen LogP contribution >= 0.6 is 0 Å². The van der Waals surface area contributed by atoms with E-state index < -0.39 is 0 Å². The summed E-state index contributed by atoms with van der Waals surface area (Å²) >= 11 is 0. The molecule has 3 aromatic rings. The lowest BCUT2D eigenvalue weighted by atomic mass is 9.89. The number of nitrogens with zero attached hydrogens (tertiary/aromatic N) is 2. The summed E-state index contributed by atoms with van der Waals surface area (Å²) in [5.41, 5.74) is 2.40. The predicted molar refractivity (Wildman–Crippen MR) is 122 cm³/mol. The normalized spacial score (nSPS) is 15.9. The van der Waals surface area contributed by atoms with E-state index in [9.17, 15) is 9.59 Å². The first-order valence-electron chi connectivity index (χ1n) is 10.9. The molecule has 2 amide bonds. The van der Waals surface area contributed by atoms with Gasteiger partial charge in [-0.2, -0.15) is 0 Å². The summed E-state index contributed by atoms with van der Waals surface area (Å²) in [4.78, 5) is 29.5. The van der Waals surface area contributed by atoms with Crippen LogP contribution in [0.5, 0.6) is 5.75 Å². The number of rotatable bonds is 6. The van der Waals surface area contributed by atoms with Gasteiger partial charge in [-0.05, 0) is 66.9 Å². The summed E-state index contributed by atoms with van der Waals surface area (Å²) in [6.07, 6.45) is 3.53. The first-order chi connectivity index (χ1) is 15.5. The summed E-state index contributed by atoms with van der Waals surface area (Å²) in [6, 6.07) is 18.7. The van der Waals surface area contributed by atoms with Crippen molar-refractivity contribution in [2.75, 3.05) is 27.2 Å². The molecular formula is C26H28N2O4. The van der Waals surface area contributed by atoms with E-state index in [-0.39, 0.29) is 17.7 Å². The zero-order valence-electron chi connectivity index (χ0n) is 18.5. The number of likely N-dealkylation sites (tertiary alicyclic amines) is 1. The van der Waals surface area contributed by atoms with Crippen molar-refractivity contribution in [3.63, 3.8) is 0 Å². The van der Waals surface area contributed by atoms with E-state index in [1.165, 1.54) is 0 Å². The molecule has 0 spiro atoms. The highest BCUT2D eigenvalue weighted by Gasteiger charge is 2.26. The van der Waals surface area contributed by atoms with Crippen molar-refractivity contribution >= 4 is 11.8 Å². The number of methoxy groups -OCH3 is 1. The molecule has 4 rings (SSSR count). The number of hydrogen-bond acceptors (Lipinski definition) is 4. The van der Waals surface area contributed by atoms with Gasteiger partial charge in [-0.1, -0.05) is 12.1 Å². The van der Waals surface area contributed by atoms with Crippen LogP contribution in [0.25, 0.3) is 0 Å². The van der Waals surface area contributed by atoms with Crippen molar-refractivity contribution < 1.29 is 18.7 Å². The molecule has 6 nitrogen and oxygen atoms in total. The molecule has 1 saturated heterocycles. The Labute approximate surface area is 188 Å². The van der Waals surface area contributed by atoms with E-state index in [1.807, 2.05) is 47.4 Å². The minimum atomic E-state index is -0.0507. The number of ether oxygens (including phenoxy) is 1. The third-order valence-electron chi connectivity index (χ3n) is 5.97. The van der Waals surface area contributed by atoms with Crippen LogP contribution in [0.3, 0.4) is 0 Å². The zero-order chi connectivity index (χ0) is 22.5. The highest BCUT2D eigenvalue weighted by molar-refractivity contribution is 5.95. The standard InChI is InChI=1S/C26H28N2O4/c1-27(18-24-9-5-15-32-24)25(29)21-7-3-6-20(16-21)22-8-4-14-28(17-22)26(30)19-10-12-23(31-2)13-11-19/h3,5-7,9-13,15-16,22H,4,8,14,17-18H2,1-2H3. The molecule has 0 bridgehead atoms. The molecule has 1 fully saturated rings. The van der Waals surface area contributed by atoms with Crippen molar-refractivity contribution in [3.05, 3.63) is 89.4 Å². The second-order valence-corrected chi connectivity index (χ2v) is 8.18. The van der Waals surface area contributed by atoms with Crippen LogP contribution in [0, 0.1) is 0 Å². The van der Waals surface area contributed by atoms with Crippen LogP contribution in [0.4, 0.5) is 0 Å². The van der Waals surface area contributed by atoms with Crippen LogP contribution in [0.15, 0.2) is 71.3 Å². The first kappa shape index (κ1) is 21.7. The molecule has 0 saturated carbocycles. The molecule has 1 aliphatic heterocycles. The summed E-state index contributed by atoms with van der Waals surface area (Å²) in [5, 5.41) is 0. The van der Waals surface area contributed by atoms with Gasteiger partial charge < -0.3 is 19.0 Å². The Balaban J connectivity index is 1.45. The topological polar surface area (TPSA) is 63.0 Å². The SMILES string of the molecule is COc1ccc(C(=O)N2CCCC(c3cccc(C(=O)N(C)Cc4ccco4)c3)C2)cc1. The Kier molecular flexibility index (Phi) is 6.59. The van der Waals surface area contributed by atoms with E-state index >= 15 is 0 Å². The Bertz CT molecular complexity index is 1060. The van der Waals surface area contributed by atoms with Gasteiger partial charge in [0.05, 0.1) is 19.9 Å². The molecule has 0 radical (unpaired) electrons. The molecule has 1 unspecified atom stereocenters. The summed E-state index contributed by atoms with van der Waals surface area (Å²) in [5.74, 6) is 1.66. The fourth-order valence-electron chi connectivity index (χ4n) is 4.20. The predicted octanol–water partition coefficient (Wildman–Crippen LogP) is 4.58. The minimum Gasteiger partial charge on any atom is -0.497 e. The molecule has 166 valence electrons. The van der Waals surface area contributed by atoms with Gasteiger partial charge in [0.1, 0.15) is 11.5 Å². The van der Waals surface area contributed by atoms with Gasteiger partial charge in [-0.15, -0.1) is 0 Å². The number of carbonyl (C=O) groups is 2. The molecule has 6 heteroatoms. The Morgan fingerprint density at radius 1 is 1.09 bits per heavy atom. The Hall–Kier alpha value is -3.54. The fraction of sp³-hybridized carbons (Fsp3) is 0.308. The minimum absolute atomic E-state index is 0.0303. The van der Waals surface area contributed by atoms with E-state index in [1.54, 1.807) is 37.5 Å². The Morgan fingerprint density at radius 2 is 1.91 bits per heavy atom. The molecular weight excluding hydrogens is 404 g/mol. The van der Waals surface area contributed by atoms with Gasteiger partial charge in [-0.25, -0.2) is 0 Å². The Morgan fingerprint density at radius 3 is 2.62 bits per heavy atom. The first-order valence-corrected chi connectivity index (χ1v) is 10.9. The van der Waals surface area contributed by atoms with Gasteiger partial charge in [0.2, 0.25) is 0 Å². The largest absolute Gasteiger partial charge is 0.497 e. The maximum absolute atomic E-state index is 13.0. The summed E-state index contributed by atoms with van der Waals surface area (Å²) in [6.45, 7) is 1.81. The van der Waals surface area contributed by atoms with Gasteiger partial charge in [0.25, 0.3) is 11.8 Å². The van der Waals surface area contributed by atoms with Gasteiger partial charge >= 0.3 is 0 Å². The van der Waals surface area contributed by atoms with Gasteiger partial charge in [0, 0.05) is 37.2 Å². The molecule has 2 aromatic carbocycles. The summed E-state index contributed by atoms with van der Waals surface area (Å²) in [7, 11) is 3.38. The van der Waals surface area contributed by atoms with Crippen LogP contribution in [0.2, 0.25) is 0 Å². The number of hydrogen-bond donors (Lipinski definition) is 0. The third kappa shape index (κ3) is 4.85. The quantitative estimate of drug-likeness (QED) is 0.572. The van der Waals surface area contributed by atoms with Crippen molar-refractivity contribution in [2.45, 2.75) is 25.3 Å². The van der Waals surface area contributed by atoms with E-state index in [2.05, 4.69) is 6.07 Å². The van der Waals surface area contributed by atoms with Crippen LogP contribution < -0.4 is 4.74 Å². The number of furan rings is 1. The molecule has 1 aromatic heterocycles. The molecule has 32 heavy (non-hydrogen) atoms. The average molecular weight is 433 g/mol. The second-order valence-electron chi connectivity index (χ2n) is 8.18. The van der Waals surface area contributed by atoms with Crippen molar-refractivity contribution in [3.8, 4) is 5.75 Å². The lowest BCUT2D eigenvalue weighted by molar-refractivity contribution is 0.0705. The number of piperidine rings is 1. The zero-order valence-corrected chi connectivity index (χ0v) is 18.5. The fourth-order valence-corrected chi connectivity index (χ4v) is 4.20. The number of carbonyl (C=O) groups excluding carboxylic acids is 2. The van der Waals surface area contributed by atoms with E-state index in [0.717, 1.165) is 36.5 Å². The smallest absolute Gasteiger partial charge is 0.254 e. The van der Waals surface area contributed by atoms with Crippen LogP contribution in [-0.2, 0) is 6.54 Å². The van der Waals surface area contributed by atoms with Crippen molar-refractivity contribution in [1.82, 2.24) is 9.80 Å². The molecule has 1 atom stereocenters. The molecule has 2 heterocycles. The number of amides is 2. The monoisotopic (exact) mass is 432 g/mol. The lowest BCUT2D eigenvalue weighted by Crippen LogP contribution is -2.39. The highest BCUT2D eigenvalue weighted by atomic mass is 16.5. The highest BCUT2D eigenvalue weighted by Crippen LogP contribution is 2.29. The number of benzene rings is 2. The van der Waals surface area contributed by atoms with Crippen LogP contribution in [0.1, 0.15) is 50.8 Å². The maximum Gasteiger partial charge on any atom is 0.254 e. The molecule has 0 N–H and O–H groups in total. The second kappa shape index (κ2) is 9.73. The molecule has 1 aliphatic rings. The molecule has 0 aliphatic carbocycles. The van der Waals surface area contributed by atoms with Crippen molar-refractivity contribution in [1.29, 1.82) is 0 Å². The van der Waals surface area contributed by atoms with E-state index in [0.29, 0.717) is 24.2 Å². The summed E-state index contributed by atoms with van der Waals surface area (Å²) < 4.78 is 10.5. The average Bonchev–Trinajstić information content (AvgIpc) is 3.36. The van der Waals surface area contributed by atoms with Crippen LogP contribution in [-0.4, -0.2) is 48.9 Å².